The second-order valence-corrected chi connectivity index (χ2v) is 8.66. The van der Waals surface area contributed by atoms with Gasteiger partial charge >= 0.3 is 5.97 Å². The number of ether oxygens (including phenoxy) is 1. The number of thioether (sulfide) groups is 1. The lowest BCUT2D eigenvalue weighted by Gasteiger charge is -2.22. The molecule has 0 N–H and O–H groups in total. The molecule has 2 aromatic carbocycles. The minimum absolute atomic E-state index is 0.0982. The van der Waals surface area contributed by atoms with Gasteiger partial charge in [0.2, 0.25) is 0 Å². The van der Waals surface area contributed by atoms with E-state index >= 15 is 0 Å². The summed E-state index contributed by atoms with van der Waals surface area (Å²) >= 11 is 1.25. The summed E-state index contributed by atoms with van der Waals surface area (Å²) in [5.41, 5.74) is 6.28. The maximum absolute atomic E-state index is 12.1. The molecule has 0 bridgehead atoms. The number of esters is 1. The van der Waals surface area contributed by atoms with Crippen LogP contribution in [0.4, 0.5) is 0 Å². The van der Waals surface area contributed by atoms with E-state index in [4.69, 9.17) is 9.15 Å². The van der Waals surface area contributed by atoms with Crippen LogP contribution < -0.4 is 0 Å². The molecule has 27 heavy (non-hydrogen) atoms. The molecule has 0 amide bonds. The predicted octanol–water partition coefficient (Wildman–Crippen LogP) is 5.58. The van der Waals surface area contributed by atoms with Gasteiger partial charge in [0, 0.05) is 0 Å². The maximum atomic E-state index is 12.1. The zero-order valence-corrected chi connectivity index (χ0v) is 17.3. The number of rotatable bonds is 5. The number of hydrogen-bond acceptors (Lipinski definition) is 5. The van der Waals surface area contributed by atoms with Gasteiger partial charge in [0.15, 0.2) is 5.58 Å². The quantitative estimate of drug-likeness (QED) is 0.425. The van der Waals surface area contributed by atoms with E-state index in [-0.39, 0.29) is 23.7 Å². The van der Waals surface area contributed by atoms with Crippen molar-refractivity contribution in [2.24, 2.45) is 0 Å². The Bertz CT molecular complexity index is 913. The SMILES string of the molecule is Cc1cc(C(C)(C)C)cc(C)c1COC(=O)CSc1nc2ccccc2o1. The van der Waals surface area contributed by atoms with Gasteiger partial charge in [0.1, 0.15) is 17.9 Å². The normalized spacial score (nSPS) is 11.7. The van der Waals surface area contributed by atoms with Crippen molar-refractivity contribution in [2.75, 3.05) is 5.75 Å². The Morgan fingerprint density at radius 3 is 2.44 bits per heavy atom. The molecule has 142 valence electrons. The fourth-order valence-corrected chi connectivity index (χ4v) is 3.52. The maximum Gasteiger partial charge on any atom is 0.316 e. The first-order valence-corrected chi connectivity index (χ1v) is 9.97. The van der Waals surface area contributed by atoms with Gasteiger partial charge in [-0.05, 0) is 53.6 Å². The zero-order chi connectivity index (χ0) is 19.6. The number of aromatic nitrogens is 1. The average molecular weight is 384 g/mol. The van der Waals surface area contributed by atoms with Crippen LogP contribution in [0.2, 0.25) is 0 Å². The molecule has 0 unspecified atom stereocenters. The lowest BCUT2D eigenvalue weighted by atomic mass is 9.84. The fraction of sp³-hybridized carbons (Fsp3) is 0.364. The monoisotopic (exact) mass is 383 g/mol. The Morgan fingerprint density at radius 2 is 1.81 bits per heavy atom. The third-order valence-electron chi connectivity index (χ3n) is 4.53. The van der Waals surface area contributed by atoms with Crippen LogP contribution in [0.25, 0.3) is 11.1 Å². The van der Waals surface area contributed by atoms with E-state index in [1.165, 1.54) is 17.3 Å². The molecule has 0 aliphatic rings. The highest BCUT2D eigenvalue weighted by Gasteiger charge is 2.17. The molecule has 0 aliphatic heterocycles. The van der Waals surface area contributed by atoms with Crippen molar-refractivity contribution in [3.05, 3.63) is 58.7 Å². The molecule has 0 atom stereocenters. The second-order valence-electron chi connectivity index (χ2n) is 7.74. The van der Waals surface area contributed by atoms with Crippen LogP contribution in [0, 0.1) is 13.8 Å². The molecule has 1 heterocycles. The Hall–Kier alpha value is -2.27. The van der Waals surface area contributed by atoms with Crippen molar-refractivity contribution in [2.45, 2.75) is 51.9 Å². The number of carbonyl (C=O) groups is 1. The Kier molecular flexibility index (Phi) is 5.61. The molecule has 0 radical (unpaired) electrons. The summed E-state index contributed by atoms with van der Waals surface area (Å²) in [6, 6.07) is 11.9. The summed E-state index contributed by atoms with van der Waals surface area (Å²) < 4.78 is 11.1. The van der Waals surface area contributed by atoms with Crippen molar-refractivity contribution in [1.29, 1.82) is 0 Å². The number of benzene rings is 2. The number of fused-ring (bicyclic) bond motifs is 1. The topological polar surface area (TPSA) is 52.3 Å². The predicted molar refractivity (Wildman–Crippen MR) is 109 cm³/mol. The lowest BCUT2D eigenvalue weighted by Crippen LogP contribution is -2.14. The molecule has 0 aliphatic carbocycles. The van der Waals surface area contributed by atoms with Crippen molar-refractivity contribution in [3.8, 4) is 0 Å². The zero-order valence-electron chi connectivity index (χ0n) is 16.5. The van der Waals surface area contributed by atoms with Crippen LogP contribution in [0.15, 0.2) is 46.0 Å². The molecule has 3 rings (SSSR count). The summed E-state index contributed by atoms with van der Waals surface area (Å²) in [5.74, 6) is -0.105. The molecule has 5 heteroatoms. The van der Waals surface area contributed by atoms with Crippen LogP contribution in [0.3, 0.4) is 0 Å². The van der Waals surface area contributed by atoms with Crippen molar-refractivity contribution >= 4 is 28.8 Å². The highest BCUT2D eigenvalue weighted by Crippen LogP contribution is 2.27. The van der Waals surface area contributed by atoms with Gasteiger partial charge in [-0.3, -0.25) is 4.79 Å². The standard InChI is InChI=1S/C22H25NO3S/c1-14-10-16(22(3,4)5)11-15(2)17(14)12-25-20(24)13-27-21-23-18-8-6-7-9-19(18)26-21/h6-11H,12-13H2,1-5H3. The van der Waals surface area contributed by atoms with E-state index in [9.17, 15) is 4.79 Å². The number of para-hydroxylation sites is 2. The molecule has 3 aromatic rings. The molecule has 0 spiro atoms. The molecular weight excluding hydrogens is 358 g/mol. The molecule has 0 fully saturated rings. The van der Waals surface area contributed by atoms with Crippen LogP contribution in [0.5, 0.6) is 0 Å². The van der Waals surface area contributed by atoms with E-state index in [2.05, 4.69) is 51.7 Å². The van der Waals surface area contributed by atoms with E-state index in [1.54, 1.807) is 0 Å². The van der Waals surface area contributed by atoms with Gasteiger partial charge in [-0.1, -0.05) is 56.8 Å². The number of hydrogen-bond donors (Lipinski definition) is 0. The number of nitrogens with zero attached hydrogens (tertiary/aromatic N) is 1. The molecule has 1 aromatic heterocycles. The lowest BCUT2D eigenvalue weighted by molar-refractivity contribution is -0.141. The van der Waals surface area contributed by atoms with Crippen LogP contribution in [0.1, 0.15) is 43.0 Å². The second kappa shape index (κ2) is 7.77. The molecule has 0 saturated heterocycles. The third kappa shape index (κ3) is 4.72. The first-order chi connectivity index (χ1) is 12.7. The molecule has 0 saturated carbocycles. The van der Waals surface area contributed by atoms with E-state index in [1.807, 2.05) is 24.3 Å². The summed E-state index contributed by atoms with van der Waals surface area (Å²) in [6.45, 7) is 11.0. The fourth-order valence-electron chi connectivity index (χ4n) is 2.88. The van der Waals surface area contributed by atoms with Gasteiger partial charge in [0.25, 0.3) is 5.22 Å². The minimum Gasteiger partial charge on any atom is -0.460 e. The summed E-state index contributed by atoms with van der Waals surface area (Å²) in [5, 5.41) is 0.482. The Balaban J connectivity index is 1.59. The van der Waals surface area contributed by atoms with Gasteiger partial charge < -0.3 is 9.15 Å². The van der Waals surface area contributed by atoms with Crippen molar-refractivity contribution < 1.29 is 13.9 Å². The Labute approximate surface area is 164 Å². The number of aryl methyl sites for hydroxylation is 2. The van der Waals surface area contributed by atoms with Crippen LogP contribution in [-0.4, -0.2) is 16.7 Å². The molecule has 4 nitrogen and oxygen atoms in total. The average Bonchev–Trinajstić information content (AvgIpc) is 3.01. The van der Waals surface area contributed by atoms with Gasteiger partial charge in [-0.15, -0.1) is 0 Å². The summed E-state index contributed by atoms with van der Waals surface area (Å²) in [4.78, 5) is 16.5. The van der Waals surface area contributed by atoms with E-state index in [0.717, 1.165) is 27.8 Å². The van der Waals surface area contributed by atoms with Gasteiger partial charge in [0.05, 0.1) is 0 Å². The highest BCUT2D eigenvalue weighted by molar-refractivity contribution is 7.99. The van der Waals surface area contributed by atoms with Gasteiger partial charge in [-0.25, -0.2) is 4.98 Å². The smallest absolute Gasteiger partial charge is 0.316 e. The van der Waals surface area contributed by atoms with E-state index < -0.39 is 0 Å². The van der Waals surface area contributed by atoms with Crippen LogP contribution >= 0.6 is 11.8 Å². The van der Waals surface area contributed by atoms with E-state index in [0.29, 0.717) is 5.22 Å². The van der Waals surface area contributed by atoms with Crippen molar-refractivity contribution in [1.82, 2.24) is 4.98 Å². The third-order valence-corrected chi connectivity index (χ3v) is 5.33. The number of oxazole rings is 1. The highest BCUT2D eigenvalue weighted by atomic mass is 32.2. The van der Waals surface area contributed by atoms with Crippen LogP contribution in [-0.2, 0) is 21.6 Å². The Morgan fingerprint density at radius 1 is 1.15 bits per heavy atom. The molecular formula is C22H25NO3S. The first-order valence-electron chi connectivity index (χ1n) is 8.98. The summed E-state index contributed by atoms with van der Waals surface area (Å²) in [7, 11) is 0. The largest absolute Gasteiger partial charge is 0.460 e. The first kappa shape index (κ1) is 19.5. The minimum atomic E-state index is -0.277. The number of carbonyl (C=O) groups excluding carboxylic acids is 1. The summed E-state index contributed by atoms with van der Waals surface area (Å²) in [6.07, 6.45) is 0. The van der Waals surface area contributed by atoms with Crippen molar-refractivity contribution in [3.63, 3.8) is 0 Å². The van der Waals surface area contributed by atoms with Gasteiger partial charge in [-0.2, -0.15) is 0 Å².